The largest absolute Gasteiger partial charge is 0.368 e. The third-order valence-corrected chi connectivity index (χ3v) is 5.55. The molecular weight excluding hydrogens is 410 g/mol. The lowest BCUT2D eigenvalue weighted by molar-refractivity contribution is -0.140. The zero-order chi connectivity index (χ0) is 24.3. The van der Waals surface area contributed by atoms with Gasteiger partial charge in [-0.1, -0.05) is 59.8 Å². The molecule has 3 atom stereocenters. The highest BCUT2D eigenvalue weighted by Crippen LogP contribution is 2.24. The number of hydrogen-bond donors (Lipinski definition) is 3. The second-order valence-corrected chi connectivity index (χ2v) is 10.3. The number of carbonyl (C=O) groups excluding carboxylic acids is 3. The van der Waals surface area contributed by atoms with Crippen LogP contribution in [0.2, 0.25) is 0 Å². The van der Waals surface area contributed by atoms with Gasteiger partial charge in [0.1, 0.15) is 12.1 Å². The number of nitrogens with zero attached hydrogens (tertiary/aromatic N) is 2. The van der Waals surface area contributed by atoms with Gasteiger partial charge < -0.3 is 25.8 Å². The Balaban J connectivity index is 2.19. The Morgan fingerprint density at radius 1 is 1.09 bits per heavy atom. The standard InChI is InChI=1S/C23H35N5O4/c1-22(2,3)16(14-27-12-8-7-11-17(27)29)25-21(32)26-18(23(4,5)6)20(31)28-13-9-10-15(28)19(24)30/h7-12,15-16,18H,13-14H2,1-6H3,(H2,24,30)(H2,25,26,32)/t15-,16+,18+/m0/s1. The summed E-state index contributed by atoms with van der Waals surface area (Å²) < 4.78 is 1.54. The van der Waals surface area contributed by atoms with Crippen molar-refractivity contribution in [1.82, 2.24) is 20.1 Å². The maximum absolute atomic E-state index is 13.3. The first-order chi connectivity index (χ1) is 14.7. The van der Waals surface area contributed by atoms with Gasteiger partial charge in [-0.05, 0) is 16.9 Å². The van der Waals surface area contributed by atoms with Crippen LogP contribution in [0.15, 0.2) is 41.3 Å². The van der Waals surface area contributed by atoms with Gasteiger partial charge in [-0.2, -0.15) is 0 Å². The van der Waals surface area contributed by atoms with Gasteiger partial charge in [0.25, 0.3) is 5.56 Å². The van der Waals surface area contributed by atoms with Gasteiger partial charge in [-0.25, -0.2) is 4.79 Å². The molecule has 0 fully saturated rings. The van der Waals surface area contributed by atoms with Crippen LogP contribution in [0.4, 0.5) is 4.79 Å². The van der Waals surface area contributed by atoms with E-state index < -0.39 is 29.4 Å². The van der Waals surface area contributed by atoms with Crippen molar-refractivity contribution in [3.05, 3.63) is 46.9 Å². The Morgan fingerprint density at radius 3 is 2.28 bits per heavy atom. The zero-order valence-electron chi connectivity index (χ0n) is 19.7. The van der Waals surface area contributed by atoms with E-state index in [2.05, 4.69) is 10.6 Å². The normalized spacial score (nSPS) is 18.2. The molecule has 4 N–H and O–H groups in total. The van der Waals surface area contributed by atoms with Gasteiger partial charge in [-0.3, -0.25) is 14.4 Å². The molecule has 32 heavy (non-hydrogen) atoms. The Morgan fingerprint density at radius 2 is 1.75 bits per heavy atom. The first-order valence-electron chi connectivity index (χ1n) is 10.7. The van der Waals surface area contributed by atoms with Crippen molar-refractivity contribution >= 4 is 17.8 Å². The van der Waals surface area contributed by atoms with E-state index in [1.165, 1.54) is 15.5 Å². The molecule has 1 aromatic rings. The van der Waals surface area contributed by atoms with Crippen LogP contribution < -0.4 is 21.9 Å². The molecule has 2 heterocycles. The second kappa shape index (κ2) is 9.58. The molecule has 9 heteroatoms. The molecule has 0 aromatic carbocycles. The van der Waals surface area contributed by atoms with Gasteiger partial charge in [0.15, 0.2) is 0 Å². The molecule has 0 saturated heterocycles. The minimum Gasteiger partial charge on any atom is -0.368 e. The number of aromatic nitrogens is 1. The molecule has 0 radical (unpaired) electrons. The van der Waals surface area contributed by atoms with Crippen molar-refractivity contribution in [2.75, 3.05) is 6.54 Å². The summed E-state index contributed by atoms with van der Waals surface area (Å²) in [6, 6.07) is 2.27. The van der Waals surface area contributed by atoms with Crippen LogP contribution in [-0.2, 0) is 16.1 Å². The van der Waals surface area contributed by atoms with Crippen LogP contribution in [0, 0.1) is 10.8 Å². The van der Waals surface area contributed by atoms with Crippen LogP contribution >= 0.6 is 0 Å². The number of urea groups is 1. The van der Waals surface area contributed by atoms with Crippen molar-refractivity contribution in [3.8, 4) is 0 Å². The first kappa shape index (κ1) is 25.2. The van der Waals surface area contributed by atoms with Crippen molar-refractivity contribution in [3.63, 3.8) is 0 Å². The van der Waals surface area contributed by atoms with Gasteiger partial charge in [-0.15, -0.1) is 0 Å². The molecule has 2 rings (SSSR count). The van der Waals surface area contributed by atoms with E-state index in [9.17, 15) is 19.2 Å². The highest BCUT2D eigenvalue weighted by atomic mass is 16.2. The average molecular weight is 446 g/mol. The molecule has 1 aliphatic rings. The Labute approximate surface area is 189 Å². The maximum Gasteiger partial charge on any atom is 0.315 e. The zero-order valence-corrected chi connectivity index (χ0v) is 19.7. The summed E-state index contributed by atoms with van der Waals surface area (Å²) in [7, 11) is 0. The predicted molar refractivity (Wildman–Crippen MR) is 123 cm³/mol. The molecule has 9 nitrogen and oxygen atoms in total. The van der Waals surface area contributed by atoms with Crippen LogP contribution in [0.3, 0.4) is 0 Å². The quantitative estimate of drug-likeness (QED) is 0.569. The van der Waals surface area contributed by atoms with E-state index in [0.29, 0.717) is 0 Å². The third kappa shape index (κ3) is 6.21. The summed E-state index contributed by atoms with van der Waals surface area (Å²) in [4.78, 5) is 51.5. The fourth-order valence-corrected chi connectivity index (χ4v) is 3.49. The van der Waals surface area contributed by atoms with E-state index in [4.69, 9.17) is 5.73 Å². The minimum absolute atomic E-state index is 0.161. The predicted octanol–water partition coefficient (Wildman–Crippen LogP) is 1.23. The lowest BCUT2D eigenvalue weighted by atomic mass is 9.85. The summed E-state index contributed by atoms with van der Waals surface area (Å²) in [6.07, 6.45) is 4.97. The fraction of sp³-hybridized carbons (Fsp3) is 0.565. The first-order valence-corrected chi connectivity index (χ1v) is 10.7. The topological polar surface area (TPSA) is 127 Å². The van der Waals surface area contributed by atoms with Crippen LogP contribution in [0.5, 0.6) is 0 Å². The van der Waals surface area contributed by atoms with Gasteiger partial charge in [0, 0.05) is 25.4 Å². The Bertz CT molecular complexity index is 939. The summed E-state index contributed by atoms with van der Waals surface area (Å²) in [6.45, 7) is 11.9. The van der Waals surface area contributed by atoms with E-state index >= 15 is 0 Å². The minimum atomic E-state index is -0.885. The van der Waals surface area contributed by atoms with Gasteiger partial charge >= 0.3 is 6.03 Å². The number of amides is 4. The van der Waals surface area contributed by atoms with Crippen LogP contribution in [-0.4, -0.2) is 52.0 Å². The molecule has 0 spiro atoms. The Kier molecular flexibility index (Phi) is 7.54. The lowest BCUT2D eigenvalue weighted by Gasteiger charge is -2.37. The second-order valence-electron chi connectivity index (χ2n) is 10.3. The number of nitrogens with one attached hydrogen (secondary N) is 2. The number of carbonyl (C=O) groups is 3. The summed E-state index contributed by atoms with van der Waals surface area (Å²) in [5.74, 6) is -1.00. The SMILES string of the molecule is CC(C)(C)[C@H](NC(=O)N[C@H](Cn1ccccc1=O)C(C)(C)C)C(=O)N1CC=C[C@H]1C(N)=O. The number of nitrogens with two attached hydrogens (primary N) is 1. The van der Waals surface area contributed by atoms with Gasteiger partial charge in [0.2, 0.25) is 11.8 Å². The molecule has 4 amide bonds. The number of primary amides is 1. The average Bonchev–Trinajstić information content (AvgIpc) is 3.15. The summed E-state index contributed by atoms with van der Waals surface area (Å²) in [5, 5.41) is 5.71. The molecular formula is C23H35N5O4. The van der Waals surface area contributed by atoms with E-state index in [1.54, 1.807) is 30.5 Å². The monoisotopic (exact) mass is 445 g/mol. The number of rotatable bonds is 6. The van der Waals surface area contributed by atoms with E-state index in [1.807, 2.05) is 41.5 Å². The molecule has 176 valence electrons. The van der Waals surface area contributed by atoms with Crippen LogP contribution in [0.25, 0.3) is 0 Å². The van der Waals surface area contributed by atoms with Crippen molar-refractivity contribution in [1.29, 1.82) is 0 Å². The highest BCUT2D eigenvalue weighted by Gasteiger charge is 2.40. The summed E-state index contributed by atoms with van der Waals surface area (Å²) in [5.41, 5.74) is 4.29. The van der Waals surface area contributed by atoms with Gasteiger partial charge in [0.05, 0.1) is 6.04 Å². The summed E-state index contributed by atoms with van der Waals surface area (Å²) >= 11 is 0. The maximum atomic E-state index is 13.3. The molecule has 0 bridgehead atoms. The number of hydrogen-bond acceptors (Lipinski definition) is 4. The highest BCUT2D eigenvalue weighted by molar-refractivity contribution is 5.93. The molecule has 0 unspecified atom stereocenters. The molecule has 1 aliphatic heterocycles. The van der Waals surface area contributed by atoms with Crippen molar-refractivity contribution < 1.29 is 14.4 Å². The van der Waals surface area contributed by atoms with Crippen molar-refractivity contribution in [2.24, 2.45) is 16.6 Å². The molecule has 0 aliphatic carbocycles. The number of pyridine rings is 1. The van der Waals surface area contributed by atoms with E-state index in [0.717, 1.165) is 0 Å². The van der Waals surface area contributed by atoms with Crippen LogP contribution in [0.1, 0.15) is 41.5 Å². The Hall–Kier alpha value is -3.10. The molecule has 0 saturated carbocycles. The van der Waals surface area contributed by atoms with E-state index in [-0.39, 0.29) is 36.0 Å². The fourth-order valence-electron chi connectivity index (χ4n) is 3.49. The smallest absolute Gasteiger partial charge is 0.315 e. The third-order valence-electron chi connectivity index (χ3n) is 5.55. The lowest BCUT2D eigenvalue weighted by Crippen LogP contribution is -2.60. The van der Waals surface area contributed by atoms with Crippen molar-refractivity contribution in [2.45, 2.75) is 66.2 Å². The molecule has 1 aromatic heterocycles.